The van der Waals surface area contributed by atoms with E-state index in [9.17, 15) is 9.18 Å². The molecule has 0 aromatic heterocycles. The maximum atomic E-state index is 14.1. The molecule has 3 rings (SSSR count). The fourth-order valence-electron chi connectivity index (χ4n) is 3.27. The van der Waals surface area contributed by atoms with Crippen molar-refractivity contribution in [2.75, 3.05) is 38.2 Å². The lowest BCUT2D eigenvalue weighted by Crippen LogP contribution is -2.29. The SMILES string of the molecule is C=C.CCCN1CCN(C)Sc2cc(O/C=C(\F)C(=O)OCC)c(-c3ccccc3)cc21. The predicted octanol–water partition coefficient (Wildman–Crippen LogP) is 6.08. The molecule has 2 aromatic carbocycles. The predicted molar refractivity (Wildman–Crippen MR) is 131 cm³/mol. The maximum Gasteiger partial charge on any atom is 0.370 e. The third-order valence-corrected chi connectivity index (χ3v) is 5.70. The summed E-state index contributed by atoms with van der Waals surface area (Å²) in [7, 11) is 2.05. The number of hydrogen-bond donors (Lipinski definition) is 0. The van der Waals surface area contributed by atoms with Crippen LogP contribution < -0.4 is 9.64 Å². The number of esters is 1. The summed E-state index contributed by atoms with van der Waals surface area (Å²) in [6.07, 6.45) is 1.86. The average Bonchev–Trinajstić information content (AvgIpc) is 2.97. The molecule has 7 heteroatoms. The van der Waals surface area contributed by atoms with Crippen LogP contribution in [0.3, 0.4) is 0 Å². The van der Waals surface area contributed by atoms with Gasteiger partial charge in [-0.25, -0.2) is 9.10 Å². The monoisotopic (exact) mass is 458 g/mol. The number of halogens is 1. The van der Waals surface area contributed by atoms with Crippen molar-refractivity contribution >= 4 is 23.6 Å². The Kier molecular flexibility index (Phi) is 10.3. The quantitative estimate of drug-likeness (QED) is 0.165. The molecule has 0 aliphatic carbocycles. The zero-order valence-corrected chi connectivity index (χ0v) is 19.8. The molecule has 0 radical (unpaired) electrons. The highest BCUT2D eigenvalue weighted by Gasteiger charge is 2.22. The fraction of sp³-hybridized carbons (Fsp3) is 0.320. The second-order valence-corrected chi connectivity index (χ2v) is 8.16. The van der Waals surface area contributed by atoms with Crippen LogP contribution in [0.15, 0.2) is 72.6 Å². The standard InChI is InChI=1S/C23H27FN2O3S.C2H4/c1-4-11-26-13-12-25(3)30-22-15-21(29-16-19(24)23(27)28-5-2)18(14-20(22)26)17-9-7-6-8-10-17;1-2/h6-10,14-16H,4-5,11-13H2,1-3H3;1-2H2/b19-16-;. The van der Waals surface area contributed by atoms with Crippen LogP contribution in [0.4, 0.5) is 10.1 Å². The summed E-state index contributed by atoms with van der Waals surface area (Å²) < 4.78 is 26.6. The number of anilines is 1. The van der Waals surface area contributed by atoms with E-state index in [4.69, 9.17) is 4.74 Å². The van der Waals surface area contributed by atoms with Crippen LogP contribution in [-0.2, 0) is 9.53 Å². The molecule has 5 nitrogen and oxygen atoms in total. The Bertz CT molecular complexity index is 921. The third-order valence-electron chi connectivity index (χ3n) is 4.68. The number of carbonyl (C=O) groups is 1. The average molecular weight is 459 g/mol. The molecular formula is C25H31FN2O3S. The van der Waals surface area contributed by atoms with Gasteiger partial charge in [0.05, 0.1) is 17.2 Å². The molecular weight excluding hydrogens is 427 g/mol. The van der Waals surface area contributed by atoms with Gasteiger partial charge in [0.2, 0.25) is 5.83 Å². The van der Waals surface area contributed by atoms with Crippen molar-refractivity contribution in [2.24, 2.45) is 0 Å². The summed E-state index contributed by atoms with van der Waals surface area (Å²) >= 11 is 1.63. The lowest BCUT2D eigenvalue weighted by Gasteiger charge is -2.25. The molecule has 32 heavy (non-hydrogen) atoms. The van der Waals surface area contributed by atoms with Gasteiger partial charge in [0.25, 0.3) is 0 Å². The van der Waals surface area contributed by atoms with E-state index >= 15 is 0 Å². The molecule has 0 unspecified atom stereocenters. The van der Waals surface area contributed by atoms with Crippen LogP contribution in [0.2, 0.25) is 0 Å². The van der Waals surface area contributed by atoms with Crippen molar-refractivity contribution in [1.82, 2.24) is 4.31 Å². The lowest BCUT2D eigenvalue weighted by molar-refractivity contribution is -0.140. The molecule has 0 saturated carbocycles. The van der Waals surface area contributed by atoms with Crippen molar-refractivity contribution in [3.05, 3.63) is 67.7 Å². The molecule has 0 amide bonds. The zero-order valence-electron chi connectivity index (χ0n) is 19.0. The molecule has 172 valence electrons. The lowest BCUT2D eigenvalue weighted by atomic mass is 10.0. The normalized spacial score (nSPS) is 14.0. The van der Waals surface area contributed by atoms with Crippen molar-refractivity contribution in [3.8, 4) is 16.9 Å². The number of nitrogens with zero attached hydrogens (tertiary/aromatic N) is 2. The summed E-state index contributed by atoms with van der Waals surface area (Å²) in [5, 5.41) is 0. The Morgan fingerprint density at radius 1 is 1.19 bits per heavy atom. The Hall–Kier alpha value is -2.77. The van der Waals surface area contributed by atoms with E-state index in [0.29, 0.717) is 5.75 Å². The van der Waals surface area contributed by atoms with Crippen LogP contribution in [0, 0.1) is 0 Å². The van der Waals surface area contributed by atoms with Crippen LogP contribution in [0.1, 0.15) is 20.3 Å². The smallest absolute Gasteiger partial charge is 0.370 e. The molecule has 2 aromatic rings. The third kappa shape index (κ3) is 6.61. The number of likely N-dealkylation sites (N-methyl/N-ethyl adjacent to an activating group) is 1. The minimum absolute atomic E-state index is 0.102. The summed E-state index contributed by atoms with van der Waals surface area (Å²) in [5.74, 6) is -1.61. The van der Waals surface area contributed by atoms with Gasteiger partial charge in [-0.3, -0.25) is 0 Å². The van der Waals surface area contributed by atoms with Gasteiger partial charge in [-0.1, -0.05) is 37.3 Å². The van der Waals surface area contributed by atoms with Gasteiger partial charge in [-0.2, -0.15) is 4.39 Å². The Balaban J connectivity index is 0.00000176. The molecule has 1 heterocycles. The Morgan fingerprint density at radius 2 is 1.91 bits per heavy atom. The van der Waals surface area contributed by atoms with E-state index in [1.807, 2.05) is 36.4 Å². The van der Waals surface area contributed by atoms with E-state index in [2.05, 4.69) is 47.1 Å². The van der Waals surface area contributed by atoms with E-state index in [1.165, 1.54) is 0 Å². The molecule has 1 aliphatic heterocycles. The first kappa shape index (κ1) is 25.5. The molecule has 0 spiro atoms. The largest absolute Gasteiger partial charge is 0.461 e. The maximum absolute atomic E-state index is 14.1. The second kappa shape index (κ2) is 12.9. The number of ether oxygens (including phenoxy) is 2. The number of carbonyl (C=O) groups excluding carboxylic acids is 1. The van der Waals surface area contributed by atoms with Gasteiger partial charge in [-0.05, 0) is 50.0 Å². The van der Waals surface area contributed by atoms with Crippen molar-refractivity contribution in [1.29, 1.82) is 0 Å². The Morgan fingerprint density at radius 3 is 2.56 bits per heavy atom. The van der Waals surface area contributed by atoms with Crippen LogP contribution in [0.25, 0.3) is 11.1 Å². The molecule has 0 N–H and O–H groups in total. The van der Waals surface area contributed by atoms with Crippen molar-refractivity contribution in [3.63, 3.8) is 0 Å². The molecule has 0 atom stereocenters. The topological polar surface area (TPSA) is 42.0 Å². The first-order valence-corrected chi connectivity index (χ1v) is 11.4. The molecule has 0 fully saturated rings. The first-order chi connectivity index (χ1) is 15.5. The summed E-state index contributed by atoms with van der Waals surface area (Å²) in [6.45, 7) is 12.7. The van der Waals surface area contributed by atoms with E-state index in [0.717, 1.165) is 54.0 Å². The van der Waals surface area contributed by atoms with Crippen LogP contribution in [0.5, 0.6) is 5.75 Å². The highest BCUT2D eigenvalue weighted by atomic mass is 32.2. The number of fused-ring (bicyclic) bond motifs is 1. The zero-order chi connectivity index (χ0) is 23.5. The van der Waals surface area contributed by atoms with Crippen molar-refractivity contribution < 1.29 is 18.7 Å². The minimum Gasteiger partial charge on any atom is -0.461 e. The minimum atomic E-state index is -1.07. The Labute approximate surface area is 194 Å². The van der Waals surface area contributed by atoms with Gasteiger partial charge >= 0.3 is 5.97 Å². The molecule has 0 bridgehead atoms. The van der Waals surface area contributed by atoms with Gasteiger partial charge in [-0.15, -0.1) is 13.2 Å². The molecule has 1 aliphatic rings. The van der Waals surface area contributed by atoms with E-state index < -0.39 is 11.8 Å². The fourth-order valence-corrected chi connectivity index (χ4v) is 4.22. The van der Waals surface area contributed by atoms with E-state index in [1.54, 1.807) is 18.9 Å². The van der Waals surface area contributed by atoms with Gasteiger partial charge < -0.3 is 14.4 Å². The van der Waals surface area contributed by atoms with Gasteiger partial charge in [0.15, 0.2) is 0 Å². The van der Waals surface area contributed by atoms with Crippen LogP contribution >= 0.6 is 11.9 Å². The summed E-state index contributed by atoms with van der Waals surface area (Å²) in [5.41, 5.74) is 2.93. The summed E-state index contributed by atoms with van der Waals surface area (Å²) in [6, 6.07) is 13.8. The number of benzene rings is 2. The van der Waals surface area contributed by atoms with E-state index in [-0.39, 0.29) is 6.61 Å². The second-order valence-electron chi connectivity index (χ2n) is 6.92. The first-order valence-electron chi connectivity index (χ1n) is 10.6. The summed E-state index contributed by atoms with van der Waals surface area (Å²) in [4.78, 5) is 15.0. The molecule has 0 saturated heterocycles. The van der Waals surface area contributed by atoms with Gasteiger partial charge in [0, 0.05) is 25.2 Å². The van der Waals surface area contributed by atoms with Crippen LogP contribution in [-0.4, -0.2) is 43.6 Å². The van der Waals surface area contributed by atoms with Crippen molar-refractivity contribution in [2.45, 2.75) is 25.2 Å². The highest BCUT2D eigenvalue weighted by molar-refractivity contribution is 7.97. The number of hydrogen-bond acceptors (Lipinski definition) is 6. The number of rotatable bonds is 7. The highest BCUT2D eigenvalue weighted by Crippen LogP contribution is 2.43. The van der Waals surface area contributed by atoms with Gasteiger partial charge in [0.1, 0.15) is 12.0 Å².